The molecule has 108 valence electrons. The van der Waals surface area contributed by atoms with E-state index in [1.54, 1.807) is 19.1 Å². The Balaban J connectivity index is 2.17. The number of nitrogens with one attached hydrogen (secondary N) is 1. The Hall–Kier alpha value is -3.03. The molecular weight excluding hydrogens is 276 g/mol. The molecule has 0 saturated heterocycles. The van der Waals surface area contributed by atoms with Crippen molar-refractivity contribution in [2.75, 3.05) is 5.32 Å². The molecule has 0 bridgehead atoms. The summed E-state index contributed by atoms with van der Waals surface area (Å²) < 4.78 is 0. The number of nitro benzene ring substituents is 1. The van der Waals surface area contributed by atoms with Gasteiger partial charge in [0.1, 0.15) is 0 Å². The van der Waals surface area contributed by atoms with Crippen molar-refractivity contribution in [3.05, 3.63) is 57.4 Å². The lowest BCUT2D eigenvalue weighted by Gasteiger charge is -2.08. The van der Waals surface area contributed by atoms with E-state index in [4.69, 9.17) is 5.11 Å². The normalized spacial score (nSPS) is 10.1. The molecule has 8 nitrogen and oxygen atoms in total. The van der Waals surface area contributed by atoms with E-state index in [0.29, 0.717) is 11.1 Å². The number of aromatic nitrogens is 2. The number of hydrogen-bond acceptors (Lipinski definition) is 6. The molecule has 0 fully saturated rings. The van der Waals surface area contributed by atoms with Crippen molar-refractivity contribution in [2.24, 2.45) is 0 Å². The third-order valence-corrected chi connectivity index (χ3v) is 2.93. The molecule has 8 heteroatoms. The third-order valence-electron chi connectivity index (χ3n) is 2.93. The summed E-state index contributed by atoms with van der Waals surface area (Å²) in [6.45, 7) is 1.92. The Morgan fingerprint density at radius 2 is 2.19 bits per heavy atom. The summed E-state index contributed by atoms with van der Waals surface area (Å²) in [6, 6.07) is 6.06. The lowest BCUT2D eigenvalue weighted by molar-refractivity contribution is -0.385. The minimum Gasteiger partial charge on any atom is -0.477 e. The predicted octanol–water partition coefficient (Wildman–Crippen LogP) is 2.00. The molecule has 0 aliphatic heterocycles. The van der Waals surface area contributed by atoms with Gasteiger partial charge in [-0.25, -0.2) is 14.8 Å². The van der Waals surface area contributed by atoms with Crippen LogP contribution in [0, 0.1) is 17.0 Å². The quantitative estimate of drug-likeness (QED) is 0.638. The van der Waals surface area contributed by atoms with E-state index in [1.807, 2.05) is 0 Å². The first-order valence-electron chi connectivity index (χ1n) is 6.02. The van der Waals surface area contributed by atoms with Crippen LogP contribution in [0.2, 0.25) is 0 Å². The summed E-state index contributed by atoms with van der Waals surface area (Å²) in [6.07, 6.45) is 1.33. The zero-order chi connectivity index (χ0) is 15.4. The maximum atomic E-state index is 10.9. The van der Waals surface area contributed by atoms with Crippen LogP contribution >= 0.6 is 0 Å². The van der Waals surface area contributed by atoms with Gasteiger partial charge >= 0.3 is 5.97 Å². The number of hydrogen-bond donors (Lipinski definition) is 2. The van der Waals surface area contributed by atoms with Gasteiger partial charge < -0.3 is 10.4 Å². The highest BCUT2D eigenvalue weighted by Gasteiger charge is 2.13. The number of anilines is 1. The van der Waals surface area contributed by atoms with Crippen LogP contribution in [0.4, 0.5) is 11.6 Å². The Bertz CT molecular complexity index is 702. The van der Waals surface area contributed by atoms with Gasteiger partial charge in [0.15, 0.2) is 5.69 Å². The molecule has 2 N–H and O–H groups in total. The number of nitrogens with zero attached hydrogens (tertiary/aromatic N) is 3. The van der Waals surface area contributed by atoms with Crippen molar-refractivity contribution < 1.29 is 14.8 Å². The van der Waals surface area contributed by atoms with Crippen LogP contribution < -0.4 is 5.32 Å². The molecule has 0 amide bonds. The second kappa shape index (κ2) is 5.95. The van der Waals surface area contributed by atoms with Gasteiger partial charge in [0.05, 0.1) is 4.92 Å². The molecule has 0 spiro atoms. The van der Waals surface area contributed by atoms with Crippen LogP contribution in [0.3, 0.4) is 0 Å². The highest BCUT2D eigenvalue weighted by atomic mass is 16.6. The van der Waals surface area contributed by atoms with Crippen LogP contribution in [-0.2, 0) is 6.54 Å². The van der Waals surface area contributed by atoms with Crippen LogP contribution in [0.25, 0.3) is 0 Å². The third kappa shape index (κ3) is 3.30. The molecule has 21 heavy (non-hydrogen) atoms. The maximum absolute atomic E-state index is 10.9. The fourth-order valence-corrected chi connectivity index (χ4v) is 1.80. The van der Waals surface area contributed by atoms with E-state index in [2.05, 4.69) is 15.3 Å². The molecule has 2 rings (SSSR count). The van der Waals surface area contributed by atoms with Gasteiger partial charge in [0.25, 0.3) is 5.69 Å². The van der Waals surface area contributed by atoms with Gasteiger partial charge in [-0.05, 0) is 18.6 Å². The smallest absolute Gasteiger partial charge is 0.354 e. The highest BCUT2D eigenvalue weighted by Crippen LogP contribution is 2.21. The molecule has 1 heterocycles. The van der Waals surface area contributed by atoms with Crippen LogP contribution in [0.15, 0.2) is 30.5 Å². The molecule has 0 unspecified atom stereocenters. The summed E-state index contributed by atoms with van der Waals surface area (Å²) in [4.78, 5) is 29.0. The molecule has 1 aromatic heterocycles. The van der Waals surface area contributed by atoms with E-state index in [0.717, 1.165) is 0 Å². The minimum atomic E-state index is -1.15. The van der Waals surface area contributed by atoms with E-state index in [1.165, 1.54) is 18.3 Å². The summed E-state index contributed by atoms with van der Waals surface area (Å²) in [7, 11) is 0. The van der Waals surface area contributed by atoms with E-state index in [-0.39, 0.29) is 23.9 Å². The summed E-state index contributed by atoms with van der Waals surface area (Å²) in [5, 5.41) is 22.6. The van der Waals surface area contributed by atoms with Crippen LogP contribution in [0.5, 0.6) is 0 Å². The molecule has 0 radical (unpaired) electrons. The van der Waals surface area contributed by atoms with Gasteiger partial charge in [-0.1, -0.05) is 12.1 Å². The van der Waals surface area contributed by atoms with E-state index in [9.17, 15) is 14.9 Å². The lowest BCUT2D eigenvalue weighted by atomic mass is 10.1. The molecular formula is C13H12N4O4. The monoisotopic (exact) mass is 288 g/mol. The number of carbonyl (C=O) groups is 1. The fraction of sp³-hybridized carbons (Fsp3) is 0.154. The van der Waals surface area contributed by atoms with E-state index < -0.39 is 10.9 Å². The van der Waals surface area contributed by atoms with Crippen LogP contribution in [0.1, 0.15) is 21.6 Å². The average molecular weight is 288 g/mol. The Morgan fingerprint density at radius 1 is 1.43 bits per heavy atom. The van der Waals surface area contributed by atoms with Gasteiger partial charge in [-0.2, -0.15) is 0 Å². The zero-order valence-corrected chi connectivity index (χ0v) is 11.1. The summed E-state index contributed by atoms with van der Waals surface area (Å²) in [5.41, 5.74) is 1.18. The van der Waals surface area contributed by atoms with Gasteiger partial charge in [-0.3, -0.25) is 10.1 Å². The predicted molar refractivity (Wildman–Crippen MR) is 74.2 cm³/mol. The number of rotatable bonds is 5. The number of aromatic carboxylic acids is 1. The van der Waals surface area contributed by atoms with E-state index >= 15 is 0 Å². The number of carboxylic acid groups (broad SMARTS) is 1. The number of carboxylic acids is 1. The SMILES string of the molecule is Cc1c(CNc2nccc(C(=O)O)n2)cccc1[N+](=O)[O-]. The first-order valence-corrected chi connectivity index (χ1v) is 6.02. The Kier molecular flexibility index (Phi) is 4.07. The zero-order valence-electron chi connectivity index (χ0n) is 11.1. The second-order valence-electron chi connectivity index (χ2n) is 4.24. The molecule has 2 aromatic rings. The number of nitro groups is 1. The fourth-order valence-electron chi connectivity index (χ4n) is 1.80. The standard InChI is InChI=1S/C13H12N4O4/c1-8-9(3-2-4-11(8)17(20)21)7-15-13-14-6-5-10(16-13)12(18)19/h2-6H,7H2,1H3,(H,18,19)(H,14,15,16). The van der Waals surface area contributed by atoms with Crippen molar-refractivity contribution in [1.82, 2.24) is 9.97 Å². The highest BCUT2D eigenvalue weighted by molar-refractivity contribution is 5.85. The van der Waals surface area contributed by atoms with Crippen molar-refractivity contribution in [1.29, 1.82) is 0 Å². The van der Waals surface area contributed by atoms with Crippen LogP contribution in [-0.4, -0.2) is 26.0 Å². The topological polar surface area (TPSA) is 118 Å². The molecule has 0 aliphatic rings. The van der Waals surface area contributed by atoms with Gasteiger partial charge in [0.2, 0.25) is 5.95 Å². The number of benzene rings is 1. The second-order valence-corrected chi connectivity index (χ2v) is 4.24. The summed E-state index contributed by atoms with van der Waals surface area (Å²) in [5.74, 6) is -0.993. The average Bonchev–Trinajstić information content (AvgIpc) is 2.46. The van der Waals surface area contributed by atoms with Gasteiger partial charge in [0, 0.05) is 24.4 Å². The molecule has 0 saturated carbocycles. The van der Waals surface area contributed by atoms with Gasteiger partial charge in [-0.15, -0.1) is 0 Å². The van der Waals surface area contributed by atoms with Crippen molar-refractivity contribution >= 4 is 17.6 Å². The lowest BCUT2D eigenvalue weighted by Crippen LogP contribution is -2.08. The van der Waals surface area contributed by atoms with Crippen molar-refractivity contribution in [3.63, 3.8) is 0 Å². The molecule has 0 atom stereocenters. The first kappa shape index (κ1) is 14.4. The minimum absolute atomic E-state index is 0.0366. The van der Waals surface area contributed by atoms with Crippen molar-refractivity contribution in [2.45, 2.75) is 13.5 Å². The largest absolute Gasteiger partial charge is 0.477 e. The Morgan fingerprint density at radius 3 is 2.86 bits per heavy atom. The molecule has 1 aromatic carbocycles. The van der Waals surface area contributed by atoms with Crippen molar-refractivity contribution in [3.8, 4) is 0 Å². The maximum Gasteiger partial charge on any atom is 0.354 e. The first-order chi connectivity index (χ1) is 9.99. The Labute approximate surface area is 119 Å². The molecule has 0 aliphatic carbocycles. The summed E-state index contributed by atoms with van der Waals surface area (Å²) >= 11 is 0.